The first-order valence-corrected chi connectivity index (χ1v) is 5.60. The van der Waals surface area contributed by atoms with Crippen LogP contribution in [-0.2, 0) is 14.1 Å². The molecule has 0 fully saturated rings. The fourth-order valence-electron chi connectivity index (χ4n) is 0.766. The molecule has 0 aromatic rings. The molecule has 0 radical (unpaired) electrons. The third-order valence-corrected chi connectivity index (χ3v) is 2.50. The van der Waals surface area contributed by atoms with Gasteiger partial charge in [-0.2, -0.15) is 0 Å². The number of hydrogen-bond acceptors (Lipinski definition) is 4. The summed E-state index contributed by atoms with van der Waals surface area (Å²) in [6.45, 7) is 5.54. The first-order chi connectivity index (χ1) is 7.15. The van der Waals surface area contributed by atoms with Gasteiger partial charge in [-0.05, 0) is 32.9 Å². The van der Waals surface area contributed by atoms with Crippen LogP contribution in [0.25, 0.3) is 0 Å². The number of esters is 1. The maximum Gasteiger partial charge on any atom is 0.322 e. The highest BCUT2D eigenvalue weighted by atomic mass is 31.1. The lowest BCUT2D eigenvalue weighted by Gasteiger charge is -2.11. The number of carbonyl (C=O) groups excluding carboxylic acids is 1. The van der Waals surface area contributed by atoms with Crippen LogP contribution < -0.4 is 5.09 Å². The zero-order valence-electron chi connectivity index (χ0n) is 9.53. The number of rotatable bonds is 6. The monoisotopic (exact) mass is 231 g/mol. The van der Waals surface area contributed by atoms with Crippen molar-refractivity contribution in [2.75, 3.05) is 7.11 Å². The Kier molecular flexibility index (Phi) is 7.96. The average molecular weight is 231 g/mol. The largest absolute Gasteiger partial charge is 0.468 e. The molecule has 0 rings (SSSR count). The summed E-state index contributed by atoms with van der Waals surface area (Å²) in [6.07, 6.45) is 5.61. The van der Waals surface area contributed by atoms with Gasteiger partial charge in [-0.25, -0.2) is 0 Å². The molecule has 2 unspecified atom stereocenters. The van der Waals surface area contributed by atoms with Gasteiger partial charge in [-0.15, -0.1) is 0 Å². The Hall–Kier alpha value is -0.860. The van der Waals surface area contributed by atoms with Gasteiger partial charge in [0.1, 0.15) is 20.8 Å². The molecule has 0 amide bonds. The fourth-order valence-corrected chi connectivity index (χ4v) is 1.42. The number of allylic oxidation sites excluding steroid dienone is 3. The Bertz CT molecular complexity index is 251. The van der Waals surface area contributed by atoms with Crippen molar-refractivity contribution in [2.24, 2.45) is 0 Å². The SMILES string of the molecule is C/C=C\C(=C/C)OPNC(C)C(=O)OC. The maximum atomic E-state index is 11.0. The van der Waals surface area contributed by atoms with E-state index >= 15 is 0 Å². The molecule has 2 atom stereocenters. The summed E-state index contributed by atoms with van der Waals surface area (Å²) in [5, 5.41) is 2.91. The van der Waals surface area contributed by atoms with Gasteiger partial charge in [-0.3, -0.25) is 9.88 Å². The molecule has 86 valence electrons. The second kappa shape index (κ2) is 8.45. The highest BCUT2D eigenvalue weighted by molar-refractivity contribution is 7.30. The highest BCUT2D eigenvalue weighted by Gasteiger charge is 2.11. The molecule has 0 bridgehead atoms. The lowest BCUT2D eigenvalue weighted by molar-refractivity contribution is -0.142. The molecule has 0 aliphatic heterocycles. The Balaban J connectivity index is 3.83. The van der Waals surface area contributed by atoms with Crippen molar-refractivity contribution < 1.29 is 14.1 Å². The lowest BCUT2D eigenvalue weighted by Crippen LogP contribution is -2.29. The number of methoxy groups -OCH3 is 1. The van der Waals surface area contributed by atoms with Gasteiger partial charge in [0.05, 0.1) is 7.11 Å². The number of nitrogens with one attached hydrogen (secondary N) is 1. The molecule has 15 heavy (non-hydrogen) atoms. The van der Waals surface area contributed by atoms with Crippen LogP contribution >= 0.6 is 8.96 Å². The highest BCUT2D eigenvalue weighted by Crippen LogP contribution is 2.15. The molecule has 0 aromatic heterocycles. The van der Waals surface area contributed by atoms with E-state index in [1.54, 1.807) is 6.92 Å². The summed E-state index contributed by atoms with van der Waals surface area (Å²) in [5.41, 5.74) is 0. The first-order valence-electron chi connectivity index (χ1n) is 4.69. The van der Waals surface area contributed by atoms with E-state index in [1.165, 1.54) is 7.11 Å². The molecule has 0 spiro atoms. The maximum absolute atomic E-state index is 11.0. The molecule has 0 heterocycles. The molecule has 0 saturated carbocycles. The molecule has 5 heteroatoms. The summed E-state index contributed by atoms with van der Waals surface area (Å²) < 4.78 is 9.94. The van der Waals surface area contributed by atoms with Gasteiger partial charge in [-0.1, -0.05) is 6.08 Å². The standard InChI is InChI=1S/C10H18NO3P/c1-5-7-9(6-2)14-15-11-8(3)10(12)13-4/h5-8,11,15H,1-4H3/b7-5-,9-6+. The van der Waals surface area contributed by atoms with Crippen LogP contribution in [0.2, 0.25) is 0 Å². The minimum absolute atomic E-state index is 0.0350. The van der Waals surface area contributed by atoms with Gasteiger partial charge in [0, 0.05) is 0 Å². The van der Waals surface area contributed by atoms with Crippen LogP contribution in [0.3, 0.4) is 0 Å². The Morgan fingerprint density at radius 3 is 2.60 bits per heavy atom. The summed E-state index contributed by atoms with van der Waals surface area (Å²) in [7, 11) is 1.40. The molecule has 0 aromatic carbocycles. The fraction of sp³-hybridized carbons (Fsp3) is 0.500. The third kappa shape index (κ3) is 6.26. The van der Waals surface area contributed by atoms with Crippen LogP contribution in [0, 0.1) is 0 Å². The predicted molar refractivity (Wildman–Crippen MR) is 62.6 cm³/mol. The van der Waals surface area contributed by atoms with Gasteiger partial charge in [0.15, 0.2) is 0 Å². The molecular weight excluding hydrogens is 213 g/mol. The molecule has 0 aliphatic carbocycles. The van der Waals surface area contributed by atoms with Crippen LogP contribution in [-0.4, -0.2) is 19.1 Å². The lowest BCUT2D eigenvalue weighted by atomic mass is 10.4. The number of hydrogen-bond donors (Lipinski definition) is 1. The Morgan fingerprint density at radius 2 is 2.13 bits per heavy atom. The number of ether oxygens (including phenoxy) is 1. The zero-order valence-corrected chi connectivity index (χ0v) is 10.5. The van der Waals surface area contributed by atoms with E-state index in [2.05, 4.69) is 9.82 Å². The van der Waals surface area contributed by atoms with E-state index in [9.17, 15) is 4.79 Å². The van der Waals surface area contributed by atoms with Gasteiger partial charge < -0.3 is 9.26 Å². The second-order valence-electron chi connectivity index (χ2n) is 2.78. The van der Waals surface area contributed by atoms with Crippen LogP contribution in [0.4, 0.5) is 0 Å². The Morgan fingerprint density at radius 1 is 1.47 bits per heavy atom. The molecule has 0 saturated heterocycles. The smallest absolute Gasteiger partial charge is 0.322 e. The minimum Gasteiger partial charge on any atom is -0.468 e. The van der Waals surface area contributed by atoms with E-state index in [4.69, 9.17) is 4.52 Å². The molecular formula is C10H18NO3P. The van der Waals surface area contributed by atoms with Crippen LogP contribution in [0.15, 0.2) is 24.0 Å². The van der Waals surface area contributed by atoms with Crippen LogP contribution in [0.5, 0.6) is 0 Å². The van der Waals surface area contributed by atoms with Crippen molar-refractivity contribution >= 4 is 14.9 Å². The van der Waals surface area contributed by atoms with Gasteiger partial charge in [0.2, 0.25) is 0 Å². The zero-order chi connectivity index (χ0) is 11.7. The summed E-state index contributed by atoms with van der Waals surface area (Å²) in [6, 6.07) is -0.350. The van der Waals surface area contributed by atoms with Crippen molar-refractivity contribution in [2.45, 2.75) is 26.8 Å². The summed E-state index contributed by atoms with van der Waals surface area (Å²) in [4.78, 5) is 11.0. The van der Waals surface area contributed by atoms with Crippen molar-refractivity contribution in [1.82, 2.24) is 5.09 Å². The van der Waals surface area contributed by atoms with Gasteiger partial charge in [0.25, 0.3) is 0 Å². The minimum atomic E-state index is -0.350. The van der Waals surface area contributed by atoms with Crippen molar-refractivity contribution in [3.8, 4) is 0 Å². The third-order valence-electron chi connectivity index (χ3n) is 1.61. The summed E-state index contributed by atoms with van der Waals surface area (Å²) in [5.74, 6) is 0.486. The molecule has 1 N–H and O–H groups in total. The van der Waals surface area contributed by atoms with Crippen molar-refractivity contribution in [1.29, 1.82) is 0 Å². The molecule has 4 nitrogen and oxygen atoms in total. The predicted octanol–water partition coefficient (Wildman–Crippen LogP) is 2.14. The number of carbonyl (C=O) groups is 1. The second-order valence-corrected chi connectivity index (χ2v) is 3.48. The van der Waals surface area contributed by atoms with E-state index in [0.29, 0.717) is 0 Å². The van der Waals surface area contributed by atoms with E-state index in [1.807, 2.05) is 32.1 Å². The molecule has 0 aliphatic rings. The summed E-state index contributed by atoms with van der Waals surface area (Å²) >= 11 is 0. The van der Waals surface area contributed by atoms with Crippen molar-refractivity contribution in [3.63, 3.8) is 0 Å². The average Bonchev–Trinajstić information content (AvgIpc) is 2.26. The van der Waals surface area contributed by atoms with E-state index in [-0.39, 0.29) is 21.0 Å². The van der Waals surface area contributed by atoms with Crippen LogP contribution in [0.1, 0.15) is 20.8 Å². The van der Waals surface area contributed by atoms with Crippen molar-refractivity contribution in [3.05, 3.63) is 24.0 Å². The normalized spacial score (nSPS) is 14.8. The van der Waals surface area contributed by atoms with E-state index < -0.39 is 0 Å². The first kappa shape index (κ1) is 14.1. The van der Waals surface area contributed by atoms with Gasteiger partial charge >= 0.3 is 5.97 Å². The van der Waals surface area contributed by atoms with E-state index in [0.717, 1.165) is 5.76 Å². The quantitative estimate of drug-likeness (QED) is 0.329. The topological polar surface area (TPSA) is 47.6 Å². The Labute approximate surface area is 92.6 Å².